The van der Waals surface area contributed by atoms with E-state index in [1.54, 1.807) is 13.0 Å². The molecule has 1 rings (SSSR count). The van der Waals surface area contributed by atoms with Crippen LogP contribution in [-0.4, -0.2) is 17.0 Å². The molecule has 0 aromatic carbocycles. The standard InChI is InChI=1S/C9H14O2/c1-3-6-9(2)7(10)4-5-8(9)11/h3,6-7,10H,4-5H2,1-2H3. The van der Waals surface area contributed by atoms with Crippen molar-refractivity contribution in [2.45, 2.75) is 32.8 Å². The second kappa shape index (κ2) is 2.78. The van der Waals surface area contributed by atoms with Crippen molar-refractivity contribution >= 4 is 5.78 Å². The van der Waals surface area contributed by atoms with Gasteiger partial charge < -0.3 is 5.11 Å². The summed E-state index contributed by atoms with van der Waals surface area (Å²) in [5.41, 5.74) is -0.602. The highest BCUT2D eigenvalue weighted by Gasteiger charge is 2.42. The van der Waals surface area contributed by atoms with Gasteiger partial charge in [0.2, 0.25) is 0 Å². The second-order valence-corrected chi connectivity index (χ2v) is 3.26. The predicted molar refractivity (Wildman–Crippen MR) is 43.2 cm³/mol. The normalized spacial score (nSPS) is 38.8. The number of allylic oxidation sites excluding steroid dienone is 1. The first-order chi connectivity index (χ1) is 5.11. The Hall–Kier alpha value is -0.630. The zero-order valence-corrected chi connectivity index (χ0v) is 7.00. The molecule has 62 valence electrons. The highest BCUT2D eigenvalue weighted by Crippen LogP contribution is 2.35. The average Bonchev–Trinajstić information content (AvgIpc) is 2.19. The maximum atomic E-state index is 11.3. The van der Waals surface area contributed by atoms with E-state index in [0.29, 0.717) is 12.8 Å². The lowest BCUT2D eigenvalue weighted by atomic mass is 9.85. The number of ketones is 1. The van der Waals surface area contributed by atoms with Gasteiger partial charge in [-0.2, -0.15) is 0 Å². The summed E-state index contributed by atoms with van der Waals surface area (Å²) < 4.78 is 0. The van der Waals surface area contributed by atoms with Gasteiger partial charge in [0.05, 0.1) is 11.5 Å². The number of carbonyl (C=O) groups excluding carboxylic acids is 1. The predicted octanol–water partition coefficient (Wildman–Crippen LogP) is 1.29. The molecule has 0 saturated heterocycles. The highest BCUT2D eigenvalue weighted by atomic mass is 16.3. The fourth-order valence-electron chi connectivity index (χ4n) is 1.57. The molecule has 0 heterocycles. The summed E-state index contributed by atoms with van der Waals surface area (Å²) in [7, 11) is 0. The molecule has 0 bridgehead atoms. The zero-order valence-electron chi connectivity index (χ0n) is 7.00. The molecule has 0 aromatic rings. The van der Waals surface area contributed by atoms with E-state index in [0.717, 1.165) is 0 Å². The molecule has 1 fully saturated rings. The number of aliphatic hydroxyl groups excluding tert-OH is 1. The van der Waals surface area contributed by atoms with Crippen molar-refractivity contribution in [3.05, 3.63) is 12.2 Å². The van der Waals surface area contributed by atoms with Gasteiger partial charge in [-0.3, -0.25) is 4.79 Å². The fraction of sp³-hybridized carbons (Fsp3) is 0.667. The van der Waals surface area contributed by atoms with Crippen LogP contribution in [0.2, 0.25) is 0 Å². The SMILES string of the molecule is CC=CC1(C)C(=O)CCC1O. The molecule has 1 saturated carbocycles. The minimum absolute atomic E-state index is 0.156. The molecule has 1 N–H and O–H groups in total. The third-order valence-corrected chi connectivity index (χ3v) is 2.45. The Bertz CT molecular complexity index is 196. The van der Waals surface area contributed by atoms with Gasteiger partial charge in [0.1, 0.15) is 5.78 Å². The molecule has 0 spiro atoms. The average molecular weight is 154 g/mol. The molecular weight excluding hydrogens is 140 g/mol. The van der Waals surface area contributed by atoms with Gasteiger partial charge in [-0.25, -0.2) is 0 Å². The van der Waals surface area contributed by atoms with Crippen LogP contribution in [0.25, 0.3) is 0 Å². The van der Waals surface area contributed by atoms with Crippen LogP contribution in [0, 0.1) is 5.41 Å². The van der Waals surface area contributed by atoms with Crippen molar-refractivity contribution < 1.29 is 9.90 Å². The second-order valence-electron chi connectivity index (χ2n) is 3.26. The molecule has 0 aromatic heterocycles. The largest absolute Gasteiger partial charge is 0.392 e. The van der Waals surface area contributed by atoms with Gasteiger partial charge in [-0.05, 0) is 20.3 Å². The molecule has 1 aliphatic rings. The van der Waals surface area contributed by atoms with E-state index in [1.165, 1.54) is 0 Å². The van der Waals surface area contributed by atoms with Gasteiger partial charge in [-0.15, -0.1) is 0 Å². The molecule has 0 amide bonds. The Morgan fingerprint density at radius 3 is 2.73 bits per heavy atom. The van der Waals surface area contributed by atoms with Crippen LogP contribution in [0.15, 0.2) is 12.2 Å². The Morgan fingerprint density at radius 2 is 2.36 bits per heavy atom. The first-order valence-electron chi connectivity index (χ1n) is 3.96. The van der Waals surface area contributed by atoms with E-state index >= 15 is 0 Å². The molecule has 0 aliphatic heterocycles. The van der Waals surface area contributed by atoms with Crippen LogP contribution in [0.4, 0.5) is 0 Å². The quantitative estimate of drug-likeness (QED) is 0.578. The van der Waals surface area contributed by atoms with Crippen LogP contribution in [0.1, 0.15) is 26.7 Å². The van der Waals surface area contributed by atoms with E-state index in [1.807, 2.05) is 13.0 Å². The number of Topliss-reactive ketones (excluding diaryl/α,β-unsaturated/α-hetero) is 1. The van der Waals surface area contributed by atoms with Gasteiger partial charge >= 0.3 is 0 Å². The van der Waals surface area contributed by atoms with E-state index in [-0.39, 0.29) is 5.78 Å². The molecule has 0 radical (unpaired) electrons. The number of hydrogen-bond acceptors (Lipinski definition) is 2. The van der Waals surface area contributed by atoms with Crippen molar-refractivity contribution in [3.8, 4) is 0 Å². The van der Waals surface area contributed by atoms with E-state index < -0.39 is 11.5 Å². The van der Waals surface area contributed by atoms with Gasteiger partial charge in [0, 0.05) is 6.42 Å². The fourth-order valence-corrected chi connectivity index (χ4v) is 1.57. The van der Waals surface area contributed by atoms with Crippen LogP contribution in [0.3, 0.4) is 0 Å². The van der Waals surface area contributed by atoms with Crippen LogP contribution in [0.5, 0.6) is 0 Å². The Labute approximate surface area is 66.9 Å². The highest BCUT2D eigenvalue weighted by molar-refractivity contribution is 5.89. The summed E-state index contributed by atoms with van der Waals surface area (Å²) in [6.07, 6.45) is 4.27. The molecular formula is C9H14O2. The number of hydrogen-bond donors (Lipinski definition) is 1. The summed E-state index contributed by atoms with van der Waals surface area (Å²) in [4.78, 5) is 11.3. The van der Waals surface area contributed by atoms with Crippen molar-refractivity contribution in [2.24, 2.45) is 5.41 Å². The molecule has 11 heavy (non-hydrogen) atoms. The maximum absolute atomic E-state index is 11.3. The number of rotatable bonds is 1. The Morgan fingerprint density at radius 1 is 1.73 bits per heavy atom. The summed E-state index contributed by atoms with van der Waals surface area (Å²) >= 11 is 0. The van der Waals surface area contributed by atoms with E-state index in [9.17, 15) is 9.90 Å². The molecule has 2 unspecified atom stereocenters. The van der Waals surface area contributed by atoms with Crippen LogP contribution >= 0.6 is 0 Å². The van der Waals surface area contributed by atoms with Crippen LogP contribution in [-0.2, 0) is 4.79 Å². The van der Waals surface area contributed by atoms with Crippen LogP contribution < -0.4 is 0 Å². The topological polar surface area (TPSA) is 37.3 Å². The lowest BCUT2D eigenvalue weighted by Crippen LogP contribution is -2.30. The van der Waals surface area contributed by atoms with Crippen molar-refractivity contribution in [1.82, 2.24) is 0 Å². The minimum atomic E-state index is -0.602. The number of aliphatic hydroxyl groups is 1. The first kappa shape index (κ1) is 8.47. The van der Waals surface area contributed by atoms with Gasteiger partial charge in [-0.1, -0.05) is 12.2 Å². The van der Waals surface area contributed by atoms with Crippen molar-refractivity contribution in [2.75, 3.05) is 0 Å². The van der Waals surface area contributed by atoms with Crippen molar-refractivity contribution in [3.63, 3.8) is 0 Å². The third-order valence-electron chi connectivity index (χ3n) is 2.45. The van der Waals surface area contributed by atoms with Crippen molar-refractivity contribution in [1.29, 1.82) is 0 Å². The Balaban J connectivity index is 2.88. The van der Waals surface area contributed by atoms with Gasteiger partial charge in [0.25, 0.3) is 0 Å². The van der Waals surface area contributed by atoms with E-state index in [4.69, 9.17) is 0 Å². The maximum Gasteiger partial charge on any atom is 0.145 e. The third kappa shape index (κ3) is 1.23. The minimum Gasteiger partial charge on any atom is -0.392 e. The molecule has 2 heteroatoms. The lowest BCUT2D eigenvalue weighted by Gasteiger charge is -2.21. The first-order valence-corrected chi connectivity index (χ1v) is 3.96. The molecule has 2 atom stereocenters. The lowest BCUT2D eigenvalue weighted by molar-refractivity contribution is -0.125. The summed E-state index contributed by atoms with van der Waals surface area (Å²) in [5.74, 6) is 0.156. The van der Waals surface area contributed by atoms with E-state index in [2.05, 4.69) is 0 Å². The monoisotopic (exact) mass is 154 g/mol. The zero-order chi connectivity index (χ0) is 8.48. The van der Waals surface area contributed by atoms with Gasteiger partial charge in [0.15, 0.2) is 0 Å². The smallest absolute Gasteiger partial charge is 0.145 e. The Kier molecular flexibility index (Phi) is 2.14. The summed E-state index contributed by atoms with van der Waals surface area (Å²) in [5, 5.41) is 9.48. The summed E-state index contributed by atoms with van der Waals surface area (Å²) in [6.45, 7) is 3.66. The molecule has 2 nitrogen and oxygen atoms in total. The number of carbonyl (C=O) groups is 1. The summed E-state index contributed by atoms with van der Waals surface area (Å²) in [6, 6.07) is 0. The molecule has 1 aliphatic carbocycles.